The lowest BCUT2D eigenvalue weighted by molar-refractivity contribution is -0.142. The molecular formula is C8H17NO3. The number of nitrogens with two attached hydrogens (primary N) is 1. The van der Waals surface area contributed by atoms with Crippen LogP contribution < -0.4 is 5.73 Å². The summed E-state index contributed by atoms with van der Waals surface area (Å²) in [6.07, 6.45) is 1.57. The van der Waals surface area contributed by atoms with Crippen LogP contribution in [0.5, 0.6) is 0 Å². The zero-order valence-electron chi connectivity index (χ0n) is 7.62. The van der Waals surface area contributed by atoms with E-state index in [1.54, 1.807) is 6.92 Å². The van der Waals surface area contributed by atoms with Gasteiger partial charge in [0.15, 0.2) is 0 Å². The van der Waals surface area contributed by atoms with Crippen molar-refractivity contribution in [3.63, 3.8) is 0 Å². The third-order valence-corrected chi connectivity index (χ3v) is 1.67. The van der Waals surface area contributed by atoms with Crippen LogP contribution in [-0.4, -0.2) is 29.8 Å². The average Bonchev–Trinajstić information content (AvgIpc) is 2.03. The van der Waals surface area contributed by atoms with Crippen molar-refractivity contribution in [2.75, 3.05) is 6.61 Å². The molecule has 0 amide bonds. The summed E-state index contributed by atoms with van der Waals surface area (Å²) in [5.74, 6) is -1.01. The van der Waals surface area contributed by atoms with Crippen molar-refractivity contribution in [2.24, 2.45) is 5.73 Å². The van der Waals surface area contributed by atoms with E-state index in [-0.39, 0.29) is 0 Å². The van der Waals surface area contributed by atoms with Crippen LogP contribution in [0.4, 0.5) is 0 Å². The van der Waals surface area contributed by atoms with Gasteiger partial charge >= 0.3 is 5.97 Å². The molecule has 0 saturated heterocycles. The van der Waals surface area contributed by atoms with Crippen molar-refractivity contribution in [2.45, 2.75) is 38.8 Å². The van der Waals surface area contributed by atoms with E-state index in [0.29, 0.717) is 6.61 Å². The van der Waals surface area contributed by atoms with Crippen LogP contribution in [0.15, 0.2) is 0 Å². The van der Waals surface area contributed by atoms with E-state index in [0.717, 1.165) is 12.8 Å². The highest BCUT2D eigenvalue weighted by molar-refractivity contribution is 5.73. The van der Waals surface area contributed by atoms with E-state index >= 15 is 0 Å². The highest BCUT2D eigenvalue weighted by atomic mass is 16.5. The van der Waals surface area contributed by atoms with Gasteiger partial charge in [-0.2, -0.15) is 0 Å². The number of carboxylic acids is 1. The Kier molecular flexibility index (Phi) is 5.66. The predicted octanol–water partition coefficient (Wildman–Crippen LogP) is 0.603. The highest BCUT2D eigenvalue weighted by Gasteiger charge is 2.19. The van der Waals surface area contributed by atoms with E-state index in [2.05, 4.69) is 0 Å². The second kappa shape index (κ2) is 5.97. The predicted molar refractivity (Wildman–Crippen MR) is 45.9 cm³/mol. The topological polar surface area (TPSA) is 72.5 Å². The number of aliphatic carboxylic acids is 1. The quantitative estimate of drug-likeness (QED) is 0.580. The van der Waals surface area contributed by atoms with Crippen LogP contribution in [0.1, 0.15) is 26.7 Å². The van der Waals surface area contributed by atoms with Gasteiger partial charge in [0, 0.05) is 6.61 Å². The zero-order valence-corrected chi connectivity index (χ0v) is 7.62. The van der Waals surface area contributed by atoms with Crippen LogP contribution in [0, 0.1) is 0 Å². The minimum atomic E-state index is -1.01. The number of hydrogen-bond acceptors (Lipinski definition) is 3. The lowest BCUT2D eigenvalue weighted by Crippen LogP contribution is -2.41. The molecule has 0 heterocycles. The molecule has 0 saturated carbocycles. The first-order valence-corrected chi connectivity index (χ1v) is 4.19. The van der Waals surface area contributed by atoms with Crippen molar-refractivity contribution in [1.29, 1.82) is 0 Å². The Labute approximate surface area is 72.7 Å². The molecule has 72 valence electrons. The molecule has 0 unspecified atom stereocenters. The fraction of sp³-hybridized carbons (Fsp3) is 0.875. The zero-order chi connectivity index (χ0) is 9.56. The van der Waals surface area contributed by atoms with Crippen LogP contribution in [0.3, 0.4) is 0 Å². The molecule has 4 nitrogen and oxygen atoms in total. The number of unbranched alkanes of at least 4 members (excludes halogenated alkanes) is 1. The van der Waals surface area contributed by atoms with Crippen molar-refractivity contribution < 1.29 is 14.6 Å². The molecule has 0 aromatic carbocycles. The second-order valence-corrected chi connectivity index (χ2v) is 2.79. The molecule has 0 aliphatic rings. The van der Waals surface area contributed by atoms with Crippen LogP contribution in [0.2, 0.25) is 0 Å². The molecule has 0 rings (SSSR count). The van der Waals surface area contributed by atoms with Crippen molar-refractivity contribution >= 4 is 5.97 Å². The van der Waals surface area contributed by atoms with Crippen LogP contribution in [-0.2, 0) is 9.53 Å². The van der Waals surface area contributed by atoms with Crippen LogP contribution in [0.25, 0.3) is 0 Å². The molecule has 0 spiro atoms. The Morgan fingerprint density at radius 2 is 2.25 bits per heavy atom. The first-order chi connectivity index (χ1) is 5.59. The van der Waals surface area contributed by atoms with Crippen molar-refractivity contribution in [3.05, 3.63) is 0 Å². The maximum atomic E-state index is 10.4. The van der Waals surface area contributed by atoms with Gasteiger partial charge in [-0.05, 0) is 13.3 Å². The smallest absolute Gasteiger partial charge is 0.323 e. The van der Waals surface area contributed by atoms with Gasteiger partial charge in [0.25, 0.3) is 0 Å². The molecule has 0 aromatic rings. The first kappa shape index (κ1) is 11.4. The summed E-state index contributed by atoms with van der Waals surface area (Å²) in [5, 5.41) is 8.50. The minimum Gasteiger partial charge on any atom is -0.480 e. The molecule has 0 aliphatic heterocycles. The lowest BCUT2D eigenvalue weighted by Gasteiger charge is -2.16. The molecule has 2 atom stereocenters. The molecule has 12 heavy (non-hydrogen) atoms. The summed E-state index contributed by atoms with van der Waals surface area (Å²) in [5.41, 5.74) is 5.32. The van der Waals surface area contributed by atoms with Crippen molar-refractivity contribution in [3.8, 4) is 0 Å². The molecule has 0 aliphatic carbocycles. The van der Waals surface area contributed by atoms with E-state index in [1.807, 2.05) is 6.92 Å². The maximum Gasteiger partial charge on any atom is 0.323 e. The van der Waals surface area contributed by atoms with E-state index in [9.17, 15) is 4.79 Å². The summed E-state index contributed by atoms with van der Waals surface area (Å²) in [7, 11) is 0. The number of carboxylic acid groups (broad SMARTS) is 1. The van der Waals surface area contributed by atoms with E-state index in [4.69, 9.17) is 15.6 Å². The summed E-state index contributed by atoms with van der Waals surface area (Å²) < 4.78 is 5.20. The first-order valence-electron chi connectivity index (χ1n) is 4.19. The number of ether oxygens (including phenoxy) is 1. The molecule has 0 radical (unpaired) electrons. The SMILES string of the molecule is CCCCO[C@H](C)[C@H](N)C(=O)O. The normalized spacial score (nSPS) is 15.6. The maximum absolute atomic E-state index is 10.4. The van der Waals surface area contributed by atoms with Gasteiger partial charge in [-0.3, -0.25) is 4.79 Å². The molecule has 4 heteroatoms. The minimum absolute atomic E-state index is 0.408. The van der Waals surface area contributed by atoms with Gasteiger partial charge in [0.1, 0.15) is 6.04 Å². The fourth-order valence-electron chi connectivity index (χ4n) is 0.718. The number of hydrogen-bond donors (Lipinski definition) is 2. The molecule has 0 bridgehead atoms. The van der Waals surface area contributed by atoms with Gasteiger partial charge in [-0.15, -0.1) is 0 Å². The van der Waals surface area contributed by atoms with E-state index in [1.165, 1.54) is 0 Å². The van der Waals surface area contributed by atoms with Gasteiger partial charge in [0.05, 0.1) is 6.10 Å². The fourth-order valence-corrected chi connectivity index (χ4v) is 0.718. The van der Waals surface area contributed by atoms with Crippen LogP contribution >= 0.6 is 0 Å². The summed E-state index contributed by atoms with van der Waals surface area (Å²) in [6.45, 7) is 4.30. The van der Waals surface area contributed by atoms with Gasteiger partial charge < -0.3 is 15.6 Å². The third kappa shape index (κ3) is 4.31. The molecule has 3 N–H and O–H groups in total. The standard InChI is InChI=1S/C8H17NO3/c1-3-4-5-12-6(2)7(9)8(10)11/h6-7H,3-5,9H2,1-2H3,(H,10,11)/t6-,7+/m1/s1. The second-order valence-electron chi connectivity index (χ2n) is 2.79. The molecule has 0 aromatic heterocycles. The van der Waals surface area contributed by atoms with Crippen molar-refractivity contribution in [1.82, 2.24) is 0 Å². The Morgan fingerprint density at radius 3 is 2.67 bits per heavy atom. The van der Waals surface area contributed by atoms with Gasteiger partial charge in [0.2, 0.25) is 0 Å². The molecule has 0 fully saturated rings. The summed E-state index contributed by atoms with van der Waals surface area (Å²) in [4.78, 5) is 10.4. The Balaban J connectivity index is 3.56. The summed E-state index contributed by atoms with van der Waals surface area (Å²) in [6, 6.07) is -0.915. The lowest BCUT2D eigenvalue weighted by atomic mass is 10.2. The van der Waals surface area contributed by atoms with E-state index < -0.39 is 18.1 Å². The monoisotopic (exact) mass is 175 g/mol. The summed E-state index contributed by atoms with van der Waals surface area (Å²) >= 11 is 0. The Bertz CT molecular complexity index is 138. The van der Waals surface area contributed by atoms with Gasteiger partial charge in [-0.25, -0.2) is 0 Å². The molecular weight excluding hydrogens is 158 g/mol. The van der Waals surface area contributed by atoms with Gasteiger partial charge in [-0.1, -0.05) is 13.3 Å². The Hall–Kier alpha value is -0.610. The average molecular weight is 175 g/mol. The Morgan fingerprint density at radius 1 is 1.67 bits per heavy atom. The highest BCUT2D eigenvalue weighted by Crippen LogP contribution is 1.98. The largest absolute Gasteiger partial charge is 0.480 e. The number of carbonyl (C=O) groups is 1. The third-order valence-electron chi connectivity index (χ3n) is 1.67. The number of rotatable bonds is 6.